The number of sulfonamides is 1. The smallest absolute Gasteiger partial charge is 0.412 e. The van der Waals surface area contributed by atoms with Gasteiger partial charge in [0.1, 0.15) is 22.3 Å². The number of nitrogens with zero attached hydrogens (tertiary/aromatic N) is 2. The van der Waals surface area contributed by atoms with Gasteiger partial charge in [0.25, 0.3) is 10.0 Å². The summed E-state index contributed by atoms with van der Waals surface area (Å²) in [6.07, 6.45) is -1.71. The van der Waals surface area contributed by atoms with Crippen molar-refractivity contribution < 1.29 is 36.6 Å². The summed E-state index contributed by atoms with van der Waals surface area (Å²) in [6, 6.07) is 2.73. The number of anilines is 2. The van der Waals surface area contributed by atoms with Crippen LogP contribution in [0.3, 0.4) is 0 Å². The third kappa shape index (κ3) is 4.80. The molecule has 0 aliphatic heterocycles. The molecule has 1 amide bonds. The van der Waals surface area contributed by atoms with Crippen LogP contribution in [0.4, 0.5) is 29.5 Å². The Hall–Kier alpha value is -2.87. The van der Waals surface area contributed by atoms with Crippen molar-refractivity contribution in [1.82, 2.24) is 4.98 Å². The molecule has 1 aromatic heterocycles. The van der Waals surface area contributed by atoms with Gasteiger partial charge in [0.2, 0.25) is 0 Å². The van der Waals surface area contributed by atoms with Gasteiger partial charge in [0, 0.05) is 22.6 Å². The van der Waals surface area contributed by atoms with Crippen molar-refractivity contribution in [3.8, 4) is 0 Å². The van der Waals surface area contributed by atoms with E-state index in [9.17, 15) is 36.6 Å². The summed E-state index contributed by atoms with van der Waals surface area (Å²) < 4.78 is 69.8. The van der Waals surface area contributed by atoms with Crippen LogP contribution in [-0.4, -0.2) is 29.7 Å². The average Bonchev–Trinajstić information content (AvgIpc) is 3.22. The van der Waals surface area contributed by atoms with Gasteiger partial charge in [-0.15, -0.1) is 11.3 Å². The molecule has 0 unspecified atom stereocenters. The Balaban J connectivity index is 2.03. The van der Waals surface area contributed by atoms with E-state index < -0.39 is 73.5 Å². The highest BCUT2D eigenvalue weighted by Crippen LogP contribution is 2.33. The number of aliphatic hydroxyl groups excluding tert-OH is 1. The first-order chi connectivity index (χ1) is 15.0. The lowest BCUT2D eigenvalue weighted by atomic mass is 10.1. The van der Waals surface area contributed by atoms with Gasteiger partial charge in [-0.05, 0) is 18.2 Å². The number of nitrogens with one attached hydrogen (secondary N) is 1. The number of carboxylic acid groups (broad SMARTS) is 1. The molecule has 0 atom stereocenters. The molecule has 0 radical (unpaired) electrons. The number of amides is 1. The molecule has 3 N–H and O–H groups in total. The lowest BCUT2D eigenvalue weighted by Gasteiger charge is -2.23. The fraction of sp³-hybridized carbons (Fsp3) is 0.111. The second kappa shape index (κ2) is 9.32. The number of benzene rings is 2. The Morgan fingerprint density at radius 1 is 1.16 bits per heavy atom. The summed E-state index contributed by atoms with van der Waals surface area (Å²) in [5.74, 6) is -3.38. The molecule has 0 aliphatic carbocycles. The van der Waals surface area contributed by atoms with Crippen LogP contribution < -0.4 is 9.62 Å². The zero-order chi connectivity index (χ0) is 23.6. The molecule has 1 heterocycles. The van der Waals surface area contributed by atoms with Crippen LogP contribution in [0.2, 0.25) is 5.02 Å². The third-order valence-electron chi connectivity index (χ3n) is 4.28. The van der Waals surface area contributed by atoms with Crippen molar-refractivity contribution in [1.29, 1.82) is 0 Å². The zero-order valence-corrected chi connectivity index (χ0v) is 18.1. The van der Waals surface area contributed by atoms with Crippen LogP contribution in [0, 0.1) is 17.5 Å². The van der Waals surface area contributed by atoms with E-state index in [-0.39, 0.29) is 5.82 Å². The van der Waals surface area contributed by atoms with Gasteiger partial charge in [-0.3, -0.25) is 9.62 Å². The highest BCUT2D eigenvalue weighted by atomic mass is 35.5. The van der Waals surface area contributed by atoms with Crippen molar-refractivity contribution >= 4 is 50.6 Å². The van der Waals surface area contributed by atoms with Crippen molar-refractivity contribution in [3.63, 3.8) is 0 Å². The minimum absolute atomic E-state index is 0.0557. The number of thiazole rings is 1. The number of hydrogen-bond donors (Lipinski definition) is 3. The molecule has 0 saturated carbocycles. The summed E-state index contributed by atoms with van der Waals surface area (Å²) in [5.41, 5.74) is -0.147. The standard InChI is InChI=1S/C18H13ClF3N3O5S2/c19-11-3-16(32(29,30)24-17-7-31-8-23-17)14(22)4-15(11)25(18(27)28)5-9-10(6-26)13(21)2-1-12(9)20/h1-4,7-8,24,26H,5-6H2,(H,27,28). The van der Waals surface area contributed by atoms with E-state index >= 15 is 0 Å². The van der Waals surface area contributed by atoms with Gasteiger partial charge in [0.05, 0.1) is 29.4 Å². The molecule has 32 heavy (non-hydrogen) atoms. The Labute approximate surface area is 188 Å². The first kappa shape index (κ1) is 23.8. The average molecular weight is 508 g/mol. The third-order valence-corrected chi connectivity index (χ3v) is 6.53. The number of aliphatic hydroxyl groups is 1. The molecule has 0 aliphatic rings. The maximum absolute atomic E-state index is 14.7. The molecule has 8 nitrogen and oxygen atoms in total. The Morgan fingerprint density at radius 3 is 2.38 bits per heavy atom. The highest BCUT2D eigenvalue weighted by molar-refractivity contribution is 7.92. The first-order valence-corrected chi connectivity index (χ1v) is 11.3. The van der Waals surface area contributed by atoms with E-state index in [0.29, 0.717) is 17.0 Å². The van der Waals surface area contributed by atoms with Crippen molar-refractivity contribution in [3.05, 3.63) is 68.8 Å². The van der Waals surface area contributed by atoms with E-state index in [2.05, 4.69) is 4.98 Å². The summed E-state index contributed by atoms with van der Waals surface area (Å²) >= 11 is 7.14. The van der Waals surface area contributed by atoms with Crippen molar-refractivity contribution in [2.24, 2.45) is 0 Å². The Kier molecular flexibility index (Phi) is 6.93. The largest absolute Gasteiger partial charge is 0.465 e. The van der Waals surface area contributed by atoms with Crippen molar-refractivity contribution in [2.75, 3.05) is 9.62 Å². The predicted octanol–water partition coefficient (Wildman–Crippen LogP) is 4.19. The summed E-state index contributed by atoms with van der Waals surface area (Å²) in [6.45, 7) is -1.76. The Bertz CT molecular complexity index is 1270. The second-order valence-electron chi connectivity index (χ2n) is 6.23. The molecule has 170 valence electrons. The van der Waals surface area contributed by atoms with Gasteiger partial charge in [0.15, 0.2) is 5.82 Å². The first-order valence-electron chi connectivity index (χ1n) is 8.52. The summed E-state index contributed by atoms with van der Waals surface area (Å²) in [4.78, 5) is 15.0. The molecule has 0 spiro atoms. The number of halogens is 4. The van der Waals surface area contributed by atoms with Crippen LogP contribution in [-0.2, 0) is 23.2 Å². The molecule has 14 heteroatoms. The zero-order valence-electron chi connectivity index (χ0n) is 15.7. The van der Waals surface area contributed by atoms with E-state index in [1.165, 1.54) is 10.9 Å². The fourth-order valence-corrected chi connectivity index (χ4v) is 4.75. The highest BCUT2D eigenvalue weighted by Gasteiger charge is 2.27. The topological polar surface area (TPSA) is 120 Å². The molecule has 3 rings (SSSR count). The maximum Gasteiger partial charge on any atom is 0.412 e. The predicted molar refractivity (Wildman–Crippen MR) is 111 cm³/mol. The van der Waals surface area contributed by atoms with Crippen LogP contribution in [0.1, 0.15) is 11.1 Å². The van der Waals surface area contributed by atoms with Crippen LogP contribution in [0.25, 0.3) is 0 Å². The fourth-order valence-electron chi connectivity index (χ4n) is 2.78. The summed E-state index contributed by atoms with van der Waals surface area (Å²) in [5, 5.41) is 19.8. The monoisotopic (exact) mass is 507 g/mol. The number of carbonyl (C=O) groups is 1. The minimum atomic E-state index is -4.45. The SMILES string of the molecule is O=C(O)N(Cc1c(F)ccc(F)c1CO)c1cc(F)c(S(=O)(=O)Nc2cscn2)cc1Cl. The number of aromatic nitrogens is 1. The molecular formula is C18H13ClF3N3O5S2. The number of rotatable bonds is 7. The van der Waals surface area contributed by atoms with Gasteiger partial charge >= 0.3 is 6.09 Å². The van der Waals surface area contributed by atoms with Crippen molar-refractivity contribution in [2.45, 2.75) is 18.0 Å². The summed E-state index contributed by atoms with van der Waals surface area (Å²) in [7, 11) is -4.45. The quantitative estimate of drug-likeness (QED) is 0.441. The molecule has 2 aromatic carbocycles. The molecular weight excluding hydrogens is 495 g/mol. The lowest BCUT2D eigenvalue weighted by Crippen LogP contribution is -2.30. The van der Waals surface area contributed by atoms with Gasteiger partial charge in [-0.1, -0.05) is 11.6 Å². The maximum atomic E-state index is 14.7. The van der Waals surface area contributed by atoms with E-state index in [1.54, 1.807) is 0 Å². The van der Waals surface area contributed by atoms with Crippen LogP contribution in [0.5, 0.6) is 0 Å². The second-order valence-corrected chi connectivity index (χ2v) is 9.00. The van der Waals surface area contributed by atoms with Crippen LogP contribution in [0.15, 0.2) is 40.1 Å². The minimum Gasteiger partial charge on any atom is -0.465 e. The molecule has 3 aromatic rings. The lowest BCUT2D eigenvalue weighted by molar-refractivity contribution is 0.201. The molecule has 0 fully saturated rings. The molecule has 0 saturated heterocycles. The van der Waals surface area contributed by atoms with E-state index in [0.717, 1.165) is 23.5 Å². The Morgan fingerprint density at radius 2 is 1.81 bits per heavy atom. The number of hydrogen-bond acceptors (Lipinski definition) is 6. The van der Waals surface area contributed by atoms with E-state index in [1.807, 2.05) is 4.72 Å². The van der Waals surface area contributed by atoms with Gasteiger partial charge in [-0.25, -0.2) is 31.4 Å². The normalized spacial score (nSPS) is 11.4. The van der Waals surface area contributed by atoms with Crippen LogP contribution >= 0.6 is 22.9 Å². The van der Waals surface area contributed by atoms with E-state index in [4.69, 9.17) is 11.6 Å². The van der Waals surface area contributed by atoms with Gasteiger partial charge < -0.3 is 10.2 Å². The van der Waals surface area contributed by atoms with Gasteiger partial charge in [-0.2, -0.15) is 0 Å². The molecule has 0 bridgehead atoms.